The molecule has 2 N–H and O–H groups in total. The second-order valence-electron chi connectivity index (χ2n) is 3.03. The van der Waals surface area contributed by atoms with Gasteiger partial charge in [0.1, 0.15) is 16.9 Å². The van der Waals surface area contributed by atoms with Crippen LogP contribution < -0.4 is 9.88 Å². The van der Waals surface area contributed by atoms with Gasteiger partial charge in [0.05, 0.1) is 7.11 Å². The summed E-state index contributed by atoms with van der Waals surface area (Å²) in [6, 6.07) is 2.72. The molecule has 0 aliphatic heterocycles. The first-order chi connectivity index (χ1) is 6.90. The number of primary sulfonamides is 1. The Morgan fingerprint density at radius 2 is 2.00 bits per heavy atom. The third-order valence-corrected chi connectivity index (χ3v) is 2.83. The molecule has 5 nitrogen and oxygen atoms in total. The zero-order valence-corrected chi connectivity index (χ0v) is 9.17. The van der Waals surface area contributed by atoms with Gasteiger partial charge in [0.2, 0.25) is 10.0 Å². The Labute approximate surface area is 87.9 Å². The molecule has 0 spiro atoms. The van der Waals surface area contributed by atoms with Gasteiger partial charge in [-0.05, 0) is 24.6 Å². The molecule has 0 aliphatic carbocycles. The molecule has 0 fully saturated rings. The number of carbonyl (C=O) groups excluding carboxylic acids is 1. The second kappa shape index (κ2) is 4.00. The van der Waals surface area contributed by atoms with Crippen molar-refractivity contribution < 1.29 is 17.9 Å². The summed E-state index contributed by atoms with van der Waals surface area (Å²) < 4.78 is 27.4. The van der Waals surface area contributed by atoms with Crippen molar-refractivity contribution >= 4 is 16.3 Å². The lowest BCUT2D eigenvalue weighted by molar-refractivity contribution is 0.112. The average molecular weight is 229 g/mol. The van der Waals surface area contributed by atoms with Crippen molar-refractivity contribution in [2.45, 2.75) is 11.8 Å². The van der Waals surface area contributed by atoms with Crippen molar-refractivity contribution in [2.24, 2.45) is 5.14 Å². The molecule has 0 radical (unpaired) electrons. The van der Waals surface area contributed by atoms with Crippen molar-refractivity contribution in [3.05, 3.63) is 23.3 Å². The van der Waals surface area contributed by atoms with E-state index in [9.17, 15) is 13.2 Å². The van der Waals surface area contributed by atoms with Crippen LogP contribution in [0.15, 0.2) is 17.0 Å². The molecule has 1 aromatic carbocycles. The minimum atomic E-state index is -3.88. The predicted octanol–water partition coefficient (Wildman–Crippen LogP) is 0.464. The van der Waals surface area contributed by atoms with Gasteiger partial charge in [0.15, 0.2) is 0 Å². The van der Waals surface area contributed by atoms with Crippen LogP contribution in [0.4, 0.5) is 0 Å². The molecule has 1 aromatic rings. The molecule has 0 bridgehead atoms. The first-order valence-corrected chi connectivity index (χ1v) is 5.61. The molecule has 1 rings (SSSR count). The van der Waals surface area contributed by atoms with Gasteiger partial charge in [-0.1, -0.05) is 0 Å². The van der Waals surface area contributed by atoms with Crippen LogP contribution in [-0.4, -0.2) is 21.8 Å². The van der Waals surface area contributed by atoms with E-state index in [1.165, 1.54) is 19.2 Å². The number of carbonyl (C=O) groups is 1. The van der Waals surface area contributed by atoms with Gasteiger partial charge in [-0.2, -0.15) is 0 Å². The average Bonchev–Trinajstić information content (AvgIpc) is 2.15. The molecule has 0 amide bonds. The predicted molar refractivity (Wildman–Crippen MR) is 54.5 cm³/mol. The molecule has 0 heterocycles. The topological polar surface area (TPSA) is 86.5 Å². The summed E-state index contributed by atoms with van der Waals surface area (Å²) in [6.07, 6.45) is 0.557. The van der Waals surface area contributed by atoms with Crippen molar-refractivity contribution in [2.75, 3.05) is 7.11 Å². The molecule has 15 heavy (non-hydrogen) atoms. The van der Waals surface area contributed by atoms with Crippen LogP contribution in [0.3, 0.4) is 0 Å². The largest absolute Gasteiger partial charge is 0.495 e. The number of aryl methyl sites for hydroxylation is 1. The number of aldehydes is 1. The van der Waals surface area contributed by atoms with Crippen molar-refractivity contribution in [3.63, 3.8) is 0 Å². The summed E-state index contributed by atoms with van der Waals surface area (Å²) in [4.78, 5) is 10.4. The fraction of sp³-hybridized carbons (Fsp3) is 0.222. The maximum absolute atomic E-state index is 11.2. The summed E-state index contributed by atoms with van der Waals surface area (Å²) in [5, 5.41) is 5.00. The lowest BCUT2D eigenvalue weighted by Gasteiger charge is -2.10. The number of nitrogens with two attached hydrogens (primary N) is 1. The van der Waals surface area contributed by atoms with E-state index in [0.29, 0.717) is 11.8 Å². The lowest BCUT2D eigenvalue weighted by Crippen LogP contribution is -2.14. The third kappa shape index (κ3) is 2.34. The van der Waals surface area contributed by atoms with E-state index in [4.69, 9.17) is 9.88 Å². The van der Waals surface area contributed by atoms with Crippen LogP contribution in [0.2, 0.25) is 0 Å². The Morgan fingerprint density at radius 3 is 2.40 bits per heavy atom. The zero-order valence-electron chi connectivity index (χ0n) is 8.35. The van der Waals surface area contributed by atoms with Crippen LogP contribution in [0.5, 0.6) is 5.75 Å². The van der Waals surface area contributed by atoms with Gasteiger partial charge in [0, 0.05) is 5.56 Å². The maximum atomic E-state index is 11.2. The number of sulfonamides is 1. The van der Waals surface area contributed by atoms with Gasteiger partial charge in [0.25, 0.3) is 0 Å². The van der Waals surface area contributed by atoms with Gasteiger partial charge in [-0.25, -0.2) is 13.6 Å². The van der Waals surface area contributed by atoms with E-state index < -0.39 is 10.0 Å². The summed E-state index contributed by atoms with van der Waals surface area (Å²) in [5.41, 5.74) is 0.795. The van der Waals surface area contributed by atoms with Crippen LogP contribution >= 0.6 is 0 Å². The Kier molecular flexibility index (Phi) is 3.11. The lowest BCUT2D eigenvalue weighted by atomic mass is 10.1. The first-order valence-electron chi connectivity index (χ1n) is 4.06. The third-order valence-electron chi connectivity index (χ3n) is 1.91. The van der Waals surface area contributed by atoms with Crippen LogP contribution in [0.1, 0.15) is 15.9 Å². The van der Waals surface area contributed by atoms with E-state index in [2.05, 4.69) is 0 Å². The van der Waals surface area contributed by atoms with E-state index in [1.54, 1.807) is 6.92 Å². The highest BCUT2D eigenvalue weighted by Crippen LogP contribution is 2.27. The van der Waals surface area contributed by atoms with Crippen molar-refractivity contribution in [3.8, 4) is 5.75 Å². The van der Waals surface area contributed by atoms with Gasteiger partial charge in [-0.3, -0.25) is 4.79 Å². The molecule has 0 aliphatic rings. The molecule has 6 heteroatoms. The standard InChI is InChI=1S/C9H11NO4S/c1-6-3-7(5-11)4-8(9(6)14-2)15(10,12)13/h3-5H,1-2H3,(H2,10,12,13). The maximum Gasteiger partial charge on any atom is 0.241 e. The van der Waals surface area contributed by atoms with Crippen LogP contribution in [0.25, 0.3) is 0 Å². The molecular weight excluding hydrogens is 218 g/mol. The monoisotopic (exact) mass is 229 g/mol. The first kappa shape index (κ1) is 11.7. The Bertz CT molecular complexity index is 493. The Hall–Kier alpha value is -1.40. The van der Waals surface area contributed by atoms with Crippen molar-refractivity contribution in [1.82, 2.24) is 0 Å². The number of hydrogen-bond donors (Lipinski definition) is 1. The highest BCUT2D eigenvalue weighted by molar-refractivity contribution is 7.89. The quantitative estimate of drug-likeness (QED) is 0.763. The van der Waals surface area contributed by atoms with Gasteiger partial charge >= 0.3 is 0 Å². The van der Waals surface area contributed by atoms with Crippen LogP contribution in [0, 0.1) is 6.92 Å². The Balaban J connectivity index is 3.60. The smallest absolute Gasteiger partial charge is 0.241 e. The van der Waals surface area contributed by atoms with E-state index in [0.717, 1.165) is 0 Å². The molecule has 82 valence electrons. The fourth-order valence-corrected chi connectivity index (χ4v) is 2.11. The summed E-state index contributed by atoms with van der Waals surface area (Å²) in [7, 11) is -2.54. The normalized spacial score (nSPS) is 11.1. The molecule has 0 atom stereocenters. The molecule has 0 saturated carbocycles. The molecule has 0 saturated heterocycles. The van der Waals surface area contributed by atoms with Gasteiger partial charge in [-0.15, -0.1) is 0 Å². The van der Waals surface area contributed by atoms with Gasteiger partial charge < -0.3 is 4.74 Å². The summed E-state index contributed by atoms with van der Waals surface area (Å²) >= 11 is 0. The van der Waals surface area contributed by atoms with Crippen LogP contribution in [-0.2, 0) is 10.0 Å². The second-order valence-corrected chi connectivity index (χ2v) is 4.56. The minimum Gasteiger partial charge on any atom is -0.495 e. The summed E-state index contributed by atoms with van der Waals surface area (Å²) in [6.45, 7) is 1.64. The van der Waals surface area contributed by atoms with E-state index >= 15 is 0 Å². The summed E-state index contributed by atoms with van der Waals surface area (Å²) in [5.74, 6) is 0.170. The highest BCUT2D eigenvalue weighted by atomic mass is 32.2. The number of rotatable bonds is 3. The molecular formula is C9H11NO4S. The fourth-order valence-electron chi connectivity index (χ4n) is 1.31. The van der Waals surface area contributed by atoms with E-state index in [1.807, 2.05) is 0 Å². The Morgan fingerprint density at radius 1 is 1.40 bits per heavy atom. The zero-order chi connectivity index (χ0) is 11.6. The number of hydrogen-bond acceptors (Lipinski definition) is 4. The number of benzene rings is 1. The number of methoxy groups -OCH3 is 1. The minimum absolute atomic E-state index is 0.170. The molecule has 0 unspecified atom stereocenters. The van der Waals surface area contributed by atoms with E-state index in [-0.39, 0.29) is 16.2 Å². The van der Waals surface area contributed by atoms with Crippen molar-refractivity contribution in [1.29, 1.82) is 0 Å². The number of ether oxygens (including phenoxy) is 1. The molecule has 0 aromatic heterocycles. The SMILES string of the molecule is COc1c(C)cc(C=O)cc1S(N)(=O)=O. The highest BCUT2D eigenvalue weighted by Gasteiger charge is 2.17.